The molecule has 3 aromatic rings. The number of benzene rings is 1. The van der Waals surface area contributed by atoms with Crippen LogP contribution in [0, 0.1) is 0 Å². The van der Waals surface area contributed by atoms with Crippen molar-refractivity contribution in [2.45, 2.75) is 6.54 Å². The van der Waals surface area contributed by atoms with Gasteiger partial charge in [-0.05, 0) is 23.8 Å². The smallest absolute Gasteiger partial charge is 0.254 e. The Morgan fingerprint density at radius 1 is 1.28 bits per heavy atom. The van der Waals surface area contributed by atoms with Crippen LogP contribution in [0.1, 0.15) is 15.9 Å². The average Bonchev–Trinajstić information content (AvgIpc) is 3.30. The number of hydrogen-bond donors (Lipinski definition) is 1. The van der Waals surface area contributed by atoms with Crippen LogP contribution < -0.4 is 0 Å². The zero-order valence-electron chi connectivity index (χ0n) is 14.3. The van der Waals surface area contributed by atoms with E-state index in [4.69, 9.17) is 4.74 Å². The van der Waals surface area contributed by atoms with Gasteiger partial charge in [-0.2, -0.15) is 10.2 Å². The third kappa shape index (κ3) is 4.13. The van der Waals surface area contributed by atoms with Crippen LogP contribution in [0.2, 0.25) is 0 Å². The van der Waals surface area contributed by atoms with Gasteiger partial charge < -0.3 is 9.64 Å². The molecular formula is C18H21N5O2. The van der Waals surface area contributed by atoms with Crippen molar-refractivity contribution in [2.24, 2.45) is 7.05 Å². The van der Waals surface area contributed by atoms with E-state index in [1.165, 1.54) is 0 Å². The van der Waals surface area contributed by atoms with Gasteiger partial charge >= 0.3 is 0 Å². The van der Waals surface area contributed by atoms with Gasteiger partial charge in [0.25, 0.3) is 5.91 Å². The molecule has 2 heterocycles. The lowest BCUT2D eigenvalue weighted by atomic mass is 10.1. The van der Waals surface area contributed by atoms with Crippen molar-refractivity contribution in [1.29, 1.82) is 0 Å². The van der Waals surface area contributed by atoms with E-state index in [1.54, 1.807) is 29.1 Å². The first-order chi connectivity index (χ1) is 12.2. The molecule has 0 bridgehead atoms. The van der Waals surface area contributed by atoms with Crippen molar-refractivity contribution in [3.63, 3.8) is 0 Å². The minimum absolute atomic E-state index is 0.0305. The minimum Gasteiger partial charge on any atom is -0.383 e. The Labute approximate surface area is 146 Å². The number of ether oxygens (including phenoxy) is 1. The summed E-state index contributed by atoms with van der Waals surface area (Å²) in [5, 5.41) is 11.0. The number of hydrogen-bond acceptors (Lipinski definition) is 4. The SMILES string of the molecule is COCCN(Cc1cnn(C)c1)C(=O)c1ccc(-c2ccn[nH]2)cc1. The second-order valence-corrected chi connectivity index (χ2v) is 5.79. The predicted octanol–water partition coefficient (Wildman–Crippen LogP) is 2.10. The van der Waals surface area contributed by atoms with Gasteiger partial charge in [0.2, 0.25) is 0 Å². The lowest BCUT2D eigenvalue weighted by Crippen LogP contribution is -2.33. The van der Waals surface area contributed by atoms with Crippen LogP contribution in [-0.2, 0) is 18.3 Å². The highest BCUT2D eigenvalue weighted by atomic mass is 16.5. The van der Waals surface area contributed by atoms with Crippen LogP contribution in [0.5, 0.6) is 0 Å². The average molecular weight is 339 g/mol. The molecule has 25 heavy (non-hydrogen) atoms. The van der Waals surface area contributed by atoms with Crippen LogP contribution in [-0.4, -0.2) is 51.0 Å². The monoisotopic (exact) mass is 339 g/mol. The summed E-state index contributed by atoms with van der Waals surface area (Å²) in [5.41, 5.74) is 3.54. The van der Waals surface area contributed by atoms with E-state index in [2.05, 4.69) is 15.3 Å². The number of nitrogens with zero attached hydrogens (tertiary/aromatic N) is 4. The summed E-state index contributed by atoms with van der Waals surface area (Å²) in [6.07, 6.45) is 5.39. The molecule has 0 spiro atoms. The van der Waals surface area contributed by atoms with Gasteiger partial charge in [0.1, 0.15) is 0 Å². The molecule has 0 aliphatic heterocycles. The molecule has 0 saturated heterocycles. The summed E-state index contributed by atoms with van der Waals surface area (Å²) >= 11 is 0. The first-order valence-electron chi connectivity index (χ1n) is 8.03. The molecule has 0 saturated carbocycles. The first-order valence-corrected chi connectivity index (χ1v) is 8.03. The van der Waals surface area contributed by atoms with Crippen molar-refractivity contribution >= 4 is 5.91 Å². The van der Waals surface area contributed by atoms with Crippen molar-refractivity contribution < 1.29 is 9.53 Å². The molecule has 7 heteroatoms. The molecule has 0 radical (unpaired) electrons. The second-order valence-electron chi connectivity index (χ2n) is 5.79. The zero-order chi connectivity index (χ0) is 17.6. The van der Waals surface area contributed by atoms with E-state index < -0.39 is 0 Å². The van der Waals surface area contributed by atoms with Gasteiger partial charge in [-0.15, -0.1) is 0 Å². The number of aryl methyl sites for hydroxylation is 1. The normalized spacial score (nSPS) is 10.8. The fourth-order valence-electron chi connectivity index (χ4n) is 2.62. The van der Waals surface area contributed by atoms with Crippen LogP contribution >= 0.6 is 0 Å². The summed E-state index contributed by atoms with van der Waals surface area (Å²) in [7, 11) is 3.49. The van der Waals surface area contributed by atoms with E-state index in [-0.39, 0.29) is 5.91 Å². The van der Waals surface area contributed by atoms with E-state index in [1.807, 2.05) is 43.6 Å². The van der Waals surface area contributed by atoms with Gasteiger partial charge in [0.15, 0.2) is 0 Å². The Bertz CT molecular complexity index is 808. The van der Waals surface area contributed by atoms with Crippen molar-refractivity contribution in [3.05, 3.63) is 60.0 Å². The molecule has 2 aromatic heterocycles. The van der Waals surface area contributed by atoms with Crippen LogP contribution in [0.4, 0.5) is 0 Å². The largest absolute Gasteiger partial charge is 0.383 e. The topological polar surface area (TPSA) is 76.0 Å². The molecule has 1 N–H and O–H groups in total. The fraction of sp³-hybridized carbons (Fsp3) is 0.278. The molecule has 1 aromatic carbocycles. The first kappa shape index (κ1) is 16.9. The van der Waals surface area contributed by atoms with Gasteiger partial charge in [-0.1, -0.05) is 12.1 Å². The molecular weight excluding hydrogens is 318 g/mol. The van der Waals surface area contributed by atoms with Crippen LogP contribution in [0.3, 0.4) is 0 Å². The van der Waals surface area contributed by atoms with Crippen LogP contribution in [0.25, 0.3) is 11.3 Å². The molecule has 3 rings (SSSR count). The summed E-state index contributed by atoms with van der Waals surface area (Å²) in [4.78, 5) is 14.7. The molecule has 7 nitrogen and oxygen atoms in total. The number of H-pyrrole nitrogens is 1. The van der Waals surface area contributed by atoms with Crippen molar-refractivity contribution in [2.75, 3.05) is 20.3 Å². The van der Waals surface area contributed by atoms with Crippen LogP contribution in [0.15, 0.2) is 48.9 Å². The number of aromatic amines is 1. The van der Waals surface area contributed by atoms with Gasteiger partial charge in [-0.3, -0.25) is 14.6 Å². The summed E-state index contributed by atoms with van der Waals surface area (Å²) in [6.45, 7) is 1.50. The molecule has 130 valence electrons. The van der Waals surface area contributed by atoms with E-state index in [0.29, 0.717) is 25.3 Å². The quantitative estimate of drug-likeness (QED) is 0.715. The number of methoxy groups -OCH3 is 1. The molecule has 0 atom stereocenters. The number of carbonyl (C=O) groups excluding carboxylic acids is 1. The maximum absolute atomic E-state index is 12.9. The van der Waals surface area contributed by atoms with Gasteiger partial charge in [0, 0.05) is 50.8 Å². The Morgan fingerprint density at radius 2 is 2.08 bits per heavy atom. The molecule has 0 aliphatic carbocycles. The highest BCUT2D eigenvalue weighted by Crippen LogP contribution is 2.18. The highest BCUT2D eigenvalue weighted by molar-refractivity contribution is 5.94. The number of amides is 1. The lowest BCUT2D eigenvalue weighted by Gasteiger charge is -2.22. The van der Waals surface area contributed by atoms with Crippen molar-refractivity contribution in [1.82, 2.24) is 24.9 Å². The lowest BCUT2D eigenvalue weighted by molar-refractivity contribution is 0.0680. The summed E-state index contributed by atoms with van der Waals surface area (Å²) in [5.74, 6) is -0.0305. The van der Waals surface area contributed by atoms with Gasteiger partial charge in [-0.25, -0.2) is 0 Å². The summed E-state index contributed by atoms with van der Waals surface area (Å²) in [6, 6.07) is 9.39. The third-order valence-corrected chi connectivity index (χ3v) is 3.93. The predicted molar refractivity (Wildman–Crippen MR) is 93.8 cm³/mol. The minimum atomic E-state index is -0.0305. The highest BCUT2D eigenvalue weighted by Gasteiger charge is 2.17. The van der Waals surface area contributed by atoms with Gasteiger partial charge in [0.05, 0.1) is 18.5 Å². The Kier molecular flexibility index (Phi) is 5.25. The number of rotatable bonds is 7. The molecule has 0 unspecified atom stereocenters. The third-order valence-electron chi connectivity index (χ3n) is 3.93. The standard InChI is InChI=1S/C18H21N5O2/c1-22-12-14(11-20-22)13-23(9-10-25-2)18(24)16-5-3-15(4-6-16)17-7-8-19-21-17/h3-8,11-12H,9-10,13H2,1-2H3,(H,19,21). The Hall–Kier alpha value is -2.93. The van der Waals surface area contributed by atoms with E-state index >= 15 is 0 Å². The van der Waals surface area contributed by atoms with E-state index in [9.17, 15) is 4.79 Å². The summed E-state index contributed by atoms with van der Waals surface area (Å²) < 4.78 is 6.87. The number of aromatic nitrogens is 4. The Balaban J connectivity index is 1.76. The molecule has 0 aliphatic rings. The zero-order valence-corrected chi connectivity index (χ0v) is 14.3. The number of carbonyl (C=O) groups is 1. The maximum atomic E-state index is 12.9. The maximum Gasteiger partial charge on any atom is 0.254 e. The number of nitrogens with one attached hydrogen (secondary N) is 1. The molecule has 0 fully saturated rings. The van der Waals surface area contributed by atoms with Crippen molar-refractivity contribution in [3.8, 4) is 11.3 Å². The fourth-order valence-corrected chi connectivity index (χ4v) is 2.62. The Morgan fingerprint density at radius 3 is 2.68 bits per heavy atom. The molecule has 1 amide bonds. The van der Waals surface area contributed by atoms with E-state index in [0.717, 1.165) is 16.8 Å². The second kappa shape index (κ2) is 7.76.